The standard InChI is InChI=1S/C9H8N2O5/c1-5-4-6(10-8(12)9(13)14)2-3-7(5)11(15)16/h2-4H,1H3,(H,10,12)(H,13,14). The molecule has 1 aromatic rings. The molecule has 1 amide bonds. The summed E-state index contributed by atoms with van der Waals surface area (Å²) in [7, 11) is 0. The van der Waals surface area contributed by atoms with E-state index in [2.05, 4.69) is 5.32 Å². The Hall–Kier alpha value is -2.44. The maximum atomic E-state index is 10.8. The maximum absolute atomic E-state index is 10.8. The van der Waals surface area contributed by atoms with Crippen molar-refractivity contribution in [2.45, 2.75) is 6.92 Å². The number of anilines is 1. The molecule has 2 N–H and O–H groups in total. The molecular weight excluding hydrogens is 216 g/mol. The average molecular weight is 224 g/mol. The molecule has 0 heterocycles. The van der Waals surface area contributed by atoms with Crippen LogP contribution in [0.15, 0.2) is 18.2 Å². The van der Waals surface area contributed by atoms with Crippen LogP contribution in [0.3, 0.4) is 0 Å². The first kappa shape index (κ1) is 11.6. The topological polar surface area (TPSA) is 110 Å². The average Bonchev–Trinajstić information content (AvgIpc) is 2.16. The smallest absolute Gasteiger partial charge is 0.394 e. The molecule has 1 aromatic carbocycles. The molecule has 0 saturated heterocycles. The first-order valence-corrected chi connectivity index (χ1v) is 4.21. The molecule has 0 aromatic heterocycles. The van der Waals surface area contributed by atoms with Crippen molar-refractivity contribution in [2.24, 2.45) is 0 Å². The van der Waals surface area contributed by atoms with Crippen molar-refractivity contribution in [2.75, 3.05) is 5.32 Å². The van der Waals surface area contributed by atoms with E-state index in [1.807, 2.05) is 0 Å². The Labute approximate surface area is 89.8 Å². The summed E-state index contributed by atoms with van der Waals surface area (Å²) in [6.45, 7) is 1.49. The number of aliphatic carboxylic acids is 1. The van der Waals surface area contributed by atoms with Crippen LogP contribution >= 0.6 is 0 Å². The SMILES string of the molecule is Cc1cc(NC(=O)C(=O)O)ccc1[N+](=O)[O-]. The summed E-state index contributed by atoms with van der Waals surface area (Å²) in [5.41, 5.74) is 0.456. The highest BCUT2D eigenvalue weighted by Gasteiger charge is 2.14. The molecule has 0 aliphatic heterocycles. The zero-order valence-corrected chi connectivity index (χ0v) is 8.26. The van der Waals surface area contributed by atoms with Gasteiger partial charge in [0, 0.05) is 17.3 Å². The molecule has 84 valence electrons. The number of amides is 1. The number of nitrogens with one attached hydrogen (secondary N) is 1. The number of carboxylic acid groups (broad SMARTS) is 1. The van der Waals surface area contributed by atoms with Crippen LogP contribution in [0, 0.1) is 17.0 Å². The van der Waals surface area contributed by atoms with Crippen molar-refractivity contribution < 1.29 is 19.6 Å². The van der Waals surface area contributed by atoms with Gasteiger partial charge in [-0.3, -0.25) is 14.9 Å². The van der Waals surface area contributed by atoms with Gasteiger partial charge < -0.3 is 10.4 Å². The van der Waals surface area contributed by atoms with Gasteiger partial charge in [0.25, 0.3) is 5.69 Å². The van der Waals surface area contributed by atoms with Crippen LogP contribution in [0.2, 0.25) is 0 Å². The second-order valence-electron chi connectivity index (χ2n) is 3.02. The zero-order chi connectivity index (χ0) is 12.3. The van der Waals surface area contributed by atoms with Crippen LogP contribution in [0.5, 0.6) is 0 Å². The fourth-order valence-corrected chi connectivity index (χ4v) is 1.12. The summed E-state index contributed by atoms with van der Waals surface area (Å²) in [5, 5.41) is 20.9. The van der Waals surface area contributed by atoms with Crippen LogP contribution < -0.4 is 5.32 Å². The predicted molar refractivity (Wildman–Crippen MR) is 54.1 cm³/mol. The third kappa shape index (κ3) is 2.53. The number of aryl methyl sites for hydroxylation is 1. The Bertz CT molecular complexity index is 469. The minimum absolute atomic E-state index is 0.0895. The van der Waals surface area contributed by atoms with E-state index in [1.54, 1.807) is 0 Å². The number of nitro benzene ring substituents is 1. The number of hydrogen-bond acceptors (Lipinski definition) is 4. The molecule has 0 spiro atoms. The van der Waals surface area contributed by atoms with Gasteiger partial charge in [0.15, 0.2) is 0 Å². The Morgan fingerprint density at radius 1 is 1.44 bits per heavy atom. The van der Waals surface area contributed by atoms with Gasteiger partial charge in [-0.15, -0.1) is 0 Å². The summed E-state index contributed by atoms with van der Waals surface area (Å²) in [5.74, 6) is -2.80. The molecule has 0 aliphatic carbocycles. The molecule has 0 radical (unpaired) electrons. The Balaban J connectivity index is 2.94. The van der Waals surface area contributed by atoms with Gasteiger partial charge in [-0.25, -0.2) is 4.79 Å². The van der Waals surface area contributed by atoms with Gasteiger partial charge in [0.1, 0.15) is 0 Å². The van der Waals surface area contributed by atoms with Crippen molar-refractivity contribution in [1.82, 2.24) is 0 Å². The lowest BCUT2D eigenvalue weighted by Crippen LogP contribution is -2.21. The van der Waals surface area contributed by atoms with Crippen molar-refractivity contribution >= 4 is 23.3 Å². The van der Waals surface area contributed by atoms with E-state index in [-0.39, 0.29) is 11.4 Å². The van der Waals surface area contributed by atoms with Gasteiger partial charge in [0.2, 0.25) is 0 Å². The quantitative estimate of drug-likeness (QED) is 0.441. The van der Waals surface area contributed by atoms with Gasteiger partial charge >= 0.3 is 11.9 Å². The minimum atomic E-state index is -1.61. The Morgan fingerprint density at radius 2 is 2.06 bits per heavy atom. The molecule has 7 heteroatoms. The van der Waals surface area contributed by atoms with E-state index >= 15 is 0 Å². The normalized spacial score (nSPS) is 9.56. The van der Waals surface area contributed by atoms with Crippen LogP contribution in [-0.4, -0.2) is 21.9 Å². The molecular formula is C9H8N2O5. The predicted octanol–water partition coefficient (Wildman–Crippen LogP) is 0.926. The van der Waals surface area contributed by atoms with Crippen LogP contribution in [0.25, 0.3) is 0 Å². The second-order valence-corrected chi connectivity index (χ2v) is 3.02. The number of carbonyl (C=O) groups is 2. The first-order valence-electron chi connectivity index (χ1n) is 4.21. The van der Waals surface area contributed by atoms with E-state index in [9.17, 15) is 19.7 Å². The number of carboxylic acids is 1. The molecule has 0 aliphatic rings. The second kappa shape index (κ2) is 4.39. The van der Waals surface area contributed by atoms with Crippen molar-refractivity contribution in [3.8, 4) is 0 Å². The fourth-order valence-electron chi connectivity index (χ4n) is 1.12. The van der Waals surface area contributed by atoms with Crippen molar-refractivity contribution in [3.05, 3.63) is 33.9 Å². The van der Waals surface area contributed by atoms with Gasteiger partial charge in [-0.2, -0.15) is 0 Å². The zero-order valence-electron chi connectivity index (χ0n) is 8.26. The third-order valence-corrected chi connectivity index (χ3v) is 1.85. The summed E-state index contributed by atoms with van der Waals surface area (Å²) in [6, 6.07) is 3.80. The minimum Gasteiger partial charge on any atom is -0.474 e. The number of rotatable bonds is 2. The monoisotopic (exact) mass is 224 g/mol. The fraction of sp³-hybridized carbons (Fsp3) is 0.111. The number of benzene rings is 1. The first-order chi connectivity index (χ1) is 7.41. The molecule has 0 saturated carbocycles. The molecule has 0 unspecified atom stereocenters. The Morgan fingerprint density at radius 3 is 2.50 bits per heavy atom. The molecule has 16 heavy (non-hydrogen) atoms. The summed E-state index contributed by atoms with van der Waals surface area (Å²) in [6.07, 6.45) is 0. The van der Waals surface area contributed by atoms with Crippen LogP contribution in [0.4, 0.5) is 11.4 Å². The lowest BCUT2D eigenvalue weighted by Gasteiger charge is -2.03. The van der Waals surface area contributed by atoms with E-state index in [0.29, 0.717) is 5.56 Å². The van der Waals surface area contributed by atoms with Crippen LogP contribution in [0.1, 0.15) is 5.56 Å². The molecule has 0 fully saturated rings. The lowest BCUT2D eigenvalue weighted by atomic mass is 10.2. The van der Waals surface area contributed by atoms with Gasteiger partial charge in [-0.1, -0.05) is 0 Å². The van der Waals surface area contributed by atoms with E-state index in [1.165, 1.54) is 25.1 Å². The highest BCUT2D eigenvalue weighted by Crippen LogP contribution is 2.21. The largest absolute Gasteiger partial charge is 0.474 e. The highest BCUT2D eigenvalue weighted by molar-refractivity contribution is 6.36. The van der Waals surface area contributed by atoms with Crippen molar-refractivity contribution in [1.29, 1.82) is 0 Å². The molecule has 7 nitrogen and oxygen atoms in total. The van der Waals surface area contributed by atoms with E-state index in [0.717, 1.165) is 0 Å². The van der Waals surface area contributed by atoms with Crippen molar-refractivity contribution in [3.63, 3.8) is 0 Å². The summed E-state index contributed by atoms with van der Waals surface area (Å²) in [4.78, 5) is 31.0. The summed E-state index contributed by atoms with van der Waals surface area (Å²) < 4.78 is 0. The van der Waals surface area contributed by atoms with Gasteiger partial charge in [-0.05, 0) is 19.1 Å². The molecule has 1 rings (SSSR count). The number of carbonyl (C=O) groups excluding carboxylic acids is 1. The van der Waals surface area contributed by atoms with Crippen LogP contribution in [-0.2, 0) is 9.59 Å². The van der Waals surface area contributed by atoms with Gasteiger partial charge in [0.05, 0.1) is 4.92 Å². The number of hydrogen-bond donors (Lipinski definition) is 2. The molecule has 0 atom stereocenters. The Kier molecular flexibility index (Phi) is 3.19. The maximum Gasteiger partial charge on any atom is 0.394 e. The summed E-state index contributed by atoms with van der Waals surface area (Å²) >= 11 is 0. The number of nitrogens with zero attached hydrogens (tertiary/aromatic N) is 1. The van der Waals surface area contributed by atoms with E-state index < -0.39 is 16.8 Å². The lowest BCUT2D eigenvalue weighted by molar-refractivity contribution is -0.385. The molecule has 0 bridgehead atoms. The highest BCUT2D eigenvalue weighted by atomic mass is 16.6. The van der Waals surface area contributed by atoms with E-state index in [4.69, 9.17) is 5.11 Å². The third-order valence-electron chi connectivity index (χ3n) is 1.85. The number of nitro groups is 1.